The van der Waals surface area contributed by atoms with Gasteiger partial charge in [-0.25, -0.2) is 9.97 Å². The first-order valence-corrected chi connectivity index (χ1v) is 7.84. The van der Waals surface area contributed by atoms with Crippen LogP contribution in [0.4, 0.5) is 17.6 Å². The summed E-state index contributed by atoms with van der Waals surface area (Å²) < 4.78 is 0. The Morgan fingerprint density at radius 1 is 0.917 bits per heavy atom. The van der Waals surface area contributed by atoms with Gasteiger partial charge >= 0.3 is 0 Å². The van der Waals surface area contributed by atoms with E-state index in [0.29, 0.717) is 28.5 Å². The van der Waals surface area contributed by atoms with Crippen molar-refractivity contribution in [1.82, 2.24) is 25.3 Å². The molecule has 24 heavy (non-hydrogen) atoms. The first kappa shape index (κ1) is 14.6. The number of nitrogen functional groups attached to an aromatic ring is 2. The van der Waals surface area contributed by atoms with Crippen molar-refractivity contribution in [2.45, 2.75) is 0 Å². The number of nitrogens with zero attached hydrogens (tertiary/aromatic N) is 5. The van der Waals surface area contributed by atoms with Gasteiger partial charge in [-0.3, -0.25) is 0 Å². The molecule has 1 aliphatic heterocycles. The quantitative estimate of drug-likeness (QED) is 0.629. The van der Waals surface area contributed by atoms with Crippen LogP contribution >= 0.6 is 0 Å². The Kier molecular flexibility index (Phi) is 3.58. The number of piperazine rings is 1. The molecule has 1 saturated heterocycles. The summed E-state index contributed by atoms with van der Waals surface area (Å²) in [6.07, 6.45) is 0. The molecule has 8 heteroatoms. The first-order chi connectivity index (χ1) is 11.7. The Morgan fingerprint density at radius 3 is 2.42 bits per heavy atom. The van der Waals surface area contributed by atoms with Gasteiger partial charge in [-0.1, -0.05) is 30.3 Å². The Hall–Kier alpha value is -3.00. The molecule has 0 aliphatic carbocycles. The van der Waals surface area contributed by atoms with Crippen LogP contribution < -0.4 is 21.7 Å². The van der Waals surface area contributed by atoms with Gasteiger partial charge in [0.05, 0.1) is 0 Å². The van der Waals surface area contributed by atoms with Crippen LogP contribution in [0.15, 0.2) is 30.3 Å². The van der Waals surface area contributed by atoms with E-state index in [1.165, 1.54) is 0 Å². The van der Waals surface area contributed by atoms with Crippen molar-refractivity contribution in [2.24, 2.45) is 0 Å². The molecule has 8 nitrogen and oxygen atoms in total. The molecule has 0 radical (unpaired) electrons. The van der Waals surface area contributed by atoms with Crippen LogP contribution in [0.1, 0.15) is 0 Å². The van der Waals surface area contributed by atoms with Gasteiger partial charge < -0.3 is 21.7 Å². The summed E-state index contributed by atoms with van der Waals surface area (Å²) in [6.45, 7) is 3.44. The lowest BCUT2D eigenvalue weighted by molar-refractivity contribution is 0.586. The highest BCUT2D eigenvalue weighted by Crippen LogP contribution is 2.28. The lowest BCUT2D eigenvalue weighted by atomic mass is 10.1. The lowest BCUT2D eigenvalue weighted by Crippen LogP contribution is -2.44. The van der Waals surface area contributed by atoms with Gasteiger partial charge in [0.15, 0.2) is 22.8 Å². The molecule has 1 aromatic carbocycles. The molecule has 2 aromatic heterocycles. The second-order valence-corrected chi connectivity index (χ2v) is 5.64. The van der Waals surface area contributed by atoms with Crippen LogP contribution in [-0.4, -0.2) is 46.1 Å². The van der Waals surface area contributed by atoms with E-state index in [0.717, 1.165) is 31.7 Å². The maximum absolute atomic E-state index is 6.10. The summed E-state index contributed by atoms with van der Waals surface area (Å²) in [5.74, 6) is 1.22. The van der Waals surface area contributed by atoms with Crippen LogP contribution in [0.5, 0.6) is 0 Å². The molecule has 122 valence electrons. The van der Waals surface area contributed by atoms with Gasteiger partial charge in [0.2, 0.25) is 5.95 Å². The summed E-state index contributed by atoms with van der Waals surface area (Å²) >= 11 is 0. The summed E-state index contributed by atoms with van der Waals surface area (Å²) in [5.41, 5.74) is 14.5. The predicted molar refractivity (Wildman–Crippen MR) is 94.5 cm³/mol. The molecule has 4 rings (SSSR count). The van der Waals surface area contributed by atoms with Crippen molar-refractivity contribution in [3.63, 3.8) is 0 Å². The average Bonchev–Trinajstić information content (AvgIpc) is 2.62. The number of nitrogens with one attached hydrogen (secondary N) is 1. The maximum Gasteiger partial charge on any atom is 0.224 e. The van der Waals surface area contributed by atoms with E-state index in [2.05, 4.69) is 25.2 Å². The molecule has 3 heterocycles. The van der Waals surface area contributed by atoms with E-state index in [1.807, 2.05) is 30.3 Å². The molecule has 0 saturated carbocycles. The Morgan fingerprint density at radius 2 is 1.67 bits per heavy atom. The average molecular weight is 322 g/mol. The van der Waals surface area contributed by atoms with Crippen molar-refractivity contribution >= 4 is 28.7 Å². The number of fused-ring (bicyclic) bond motifs is 1. The SMILES string of the molecule is Nc1nc(N2CCNCC2)c2nc(-c3ccccc3)c(N)nc2n1. The van der Waals surface area contributed by atoms with Gasteiger partial charge in [-0.2, -0.15) is 9.97 Å². The molecule has 0 unspecified atom stereocenters. The number of hydrogen-bond acceptors (Lipinski definition) is 8. The van der Waals surface area contributed by atoms with Crippen molar-refractivity contribution in [3.05, 3.63) is 30.3 Å². The van der Waals surface area contributed by atoms with Gasteiger partial charge in [0.1, 0.15) is 5.69 Å². The maximum atomic E-state index is 6.10. The zero-order valence-corrected chi connectivity index (χ0v) is 13.1. The molecule has 0 amide bonds. The fourth-order valence-corrected chi connectivity index (χ4v) is 2.87. The topological polar surface area (TPSA) is 119 Å². The van der Waals surface area contributed by atoms with Crippen LogP contribution in [0.25, 0.3) is 22.4 Å². The Labute approximate surface area is 138 Å². The third-order valence-corrected chi connectivity index (χ3v) is 4.02. The van der Waals surface area contributed by atoms with Crippen molar-refractivity contribution in [2.75, 3.05) is 42.5 Å². The molecule has 1 fully saturated rings. The van der Waals surface area contributed by atoms with E-state index in [4.69, 9.17) is 16.5 Å². The smallest absolute Gasteiger partial charge is 0.224 e. The minimum Gasteiger partial charge on any atom is -0.382 e. The highest BCUT2D eigenvalue weighted by Gasteiger charge is 2.20. The molecule has 5 N–H and O–H groups in total. The van der Waals surface area contributed by atoms with E-state index >= 15 is 0 Å². The van der Waals surface area contributed by atoms with E-state index in [9.17, 15) is 0 Å². The highest BCUT2D eigenvalue weighted by atomic mass is 15.3. The molecular formula is C16H18N8. The van der Waals surface area contributed by atoms with E-state index in [-0.39, 0.29) is 5.95 Å². The van der Waals surface area contributed by atoms with Gasteiger partial charge in [0.25, 0.3) is 0 Å². The van der Waals surface area contributed by atoms with E-state index in [1.54, 1.807) is 0 Å². The summed E-state index contributed by atoms with van der Waals surface area (Å²) in [4.78, 5) is 19.9. The zero-order valence-electron chi connectivity index (χ0n) is 13.1. The normalized spacial score (nSPS) is 14.9. The lowest BCUT2D eigenvalue weighted by Gasteiger charge is -2.28. The van der Waals surface area contributed by atoms with Crippen LogP contribution in [0.2, 0.25) is 0 Å². The number of rotatable bonds is 2. The number of nitrogens with two attached hydrogens (primary N) is 2. The Balaban J connectivity index is 1.92. The van der Waals surface area contributed by atoms with Gasteiger partial charge in [0, 0.05) is 31.7 Å². The molecule has 1 aliphatic rings. The predicted octanol–water partition coefficient (Wildman–Crippen LogP) is 0.661. The number of anilines is 3. The summed E-state index contributed by atoms with van der Waals surface area (Å²) in [6, 6.07) is 9.74. The van der Waals surface area contributed by atoms with Crippen LogP contribution in [0.3, 0.4) is 0 Å². The molecular weight excluding hydrogens is 304 g/mol. The Bertz CT molecular complexity index is 874. The molecule has 3 aromatic rings. The third kappa shape index (κ3) is 2.56. The van der Waals surface area contributed by atoms with Crippen molar-refractivity contribution in [1.29, 1.82) is 0 Å². The number of benzene rings is 1. The molecule has 0 bridgehead atoms. The second-order valence-electron chi connectivity index (χ2n) is 5.64. The van der Waals surface area contributed by atoms with Crippen molar-refractivity contribution in [3.8, 4) is 11.3 Å². The second kappa shape index (κ2) is 5.89. The van der Waals surface area contributed by atoms with Crippen LogP contribution in [-0.2, 0) is 0 Å². The summed E-state index contributed by atoms with van der Waals surface area (Å²) in [5, 5.41) is 3.32. The zero-order chi connectivity index (χ0) is 16.5. The molecule has 0 spiro atoms. The highest BCUT2D eigenvalue weighted by molar-refractivity contribution is 5.88. The van der Waals surface area contributed by atoms with Crippen molar-refractivity contribution < 1.29 is 0 Å². The molecule has 0 atom stereocenters. The number of aromatic nitrogens is 4. The monoisotopic (exact) mass is 322 g/mol. The van der Waals surface area contributed by atoms with Gasteiger partial charge in [-0.05, 0) is 0 Å². The third-order valence-electron chi connectivity index (χ3n) is 4.02. The van der Waals surface area contributed by atoms with E-state index < -0.39 is 0 Å². The number of hydrogen-bond donors (Lipinski definition) is 3. The minimum absolute atomic E-state index is 0.178. The first-order valence-electron chi connectivity index (χ1n) is 7.84. The fraction of sp³-hybridized carbons (Fsp3) is 0.250. The van der Waals surface area contributed by atoms with Gasteiger partial charge in [-0.15, -0.1) is 0 Å². The van der Waals surface area contributed by atoms with Crippen LogP contribution in [0, 0.1) is 0 Å². The summed E-state index contributed by atoms with van der Waals surface area (Å²) in [7, 11) is 0. The largest absolute Gasteiger partial charge is 0.382 e. The fourth-order valence-electron chi connectivity index (χ4n) is 2.87. The minimum atomic E-state index is 0.178. The standard InChI is InChI=1S/C16H18N8/c17-13-11(10-4-2-1-3-5-10)20-12-14(21-13)22-16(18)23-15(12)24-8-6-19-7-9-24/h1-5,19H,6-9H2,(H4,17,18,21,22,23).